The number of carbonyl (C=O) groups is 1. The van der Waals surface area contributed by atoms with Crippen molar-refractivity contribution in [1.29, 1.82) is 0 Å². The van der Waals surface area contributed by atoms with Crippen LogP contribution in [0.5, 0.6) is 0 Å². The molecule has 0 spiro atoms. The predicted octanol–water partition coefficient (Wildman–Crippen LogP) is 2.30. The van der Waals surface area contributed by atoms with Crippen molar-refractivity contribution >= 4 is 17.2 Å². The summed E-state index contributed by atoms with van der Waals surface area (Å²) in [6.45, 7) is 2.54. The smallest absolute Gasteiger partial charge is 0.253 e. The Morgan fingerprint density at radius 3 is 3.21 bits per heavy atom. The minimum absolute atomic E-state index is 0.0293. The molecule has 24 heavy (non-hydrogen) atoms. The Morgan fingerprint density at radius 2 is 2.42 bits per heavy atom. The molecule has 3 atom stereocenters. The molecule has 0 saturated carbocycles. The van der Waals surface area contributed by atoms with Gasteiger partial charge >= 0.3 is 0 Å². The average Bonchev–Trinajstić information content (AvgIpc) is 3.25. The summed E-state index contributed by atoms with van der Waals surface area (Å²) >= 11 is 1.73. The van der Waals surface area contributed by atoms with Gasteiger partial charge in [0.15, 0.2) is 0 Å². The van der Waals surface area contributed by atoms with E-state index in [1.165, 1.54) is 5.56 Å². The standard InChI is InChI=1S/C18H21N3O2S/c22-18(14-3-1-6-19-9-14)20-15-11-21(10-13-5-8-24-12-13)16-4-2-7-23-17(15)16/h1,3,5-6,8-9,12,15-17H,2,4,7,10-11H2,(H,20,22)/t15-,16+,17+/m0/s1. The second-order valence-corrected chi connectivity index (χ2v) is 7.21. The van der Waals surface area contributed by atoms with Crippen LogP contribution in [0.2, 0.25) is 0 Å². The summed E-state index contributed by atoms with van der Waals surface area (Å²) in [7, 11) is 0. The first-order valence-corrected chi connectivity index (χ1v) is 9.33. The molecule has 5 nitrogen and oxygen atoms in total. The third kappa shape index (κ3) is 3.22. The van der Waals surface area contributed by atoms with Crippen LogP contribution >= 0.6 is 11.3 Å². The molecule has 4 rings (SSSR count). The molecule has 0 aromatic carbocycles. The third-order valence-corrected chi connectivity index (χ3v) is 5.57. The van der Waals surface area contributed by atoms with E-state index in [1.54, 1.807) is 35.9 Å². The number of hydrogen-bond acceptors (Lipinski definition) is 5. The Kier molecular flexibility index (Phi) is 4.60. The molecule has 0 aliphatic carbocycles. The van der Waals surface area contributed by atoms with Gasteiger partial charge in [-0.05, 0) is 47.4 Å². The first kappa shape index (κ1) is 15.7. The molecule has 1 N–H and O–H groups in total. The summed E-state index contributed by atoms with van der Waals surface area (Å²) in [5.41, 5.74) is 1.93. The lowest BCUT2D eigenvalue weighted by molar-refractivity contribution is -0.0211. The van der Waals surface area contributed by atoms with Gasteiger partial charge in [0.25, 0.3) is 5.91 Å². The van der Waals surface area contributed by atoms with Crippen molar-refractivity contribution in [2.24, 2.45) is 0 Å². The SMILES string of the molecule is O=C(N[C@H]1CN(Cc2ccsc2)[C@@H]2CCCO[C@H]12)c1cccnc1. The summed E-state index contributed by atoms with van der Waals surface area (Å²) in [6.07, 6.45) is 5.58. The Labute approximate surface area is 145 Å². The van der Waals surface area contributed by atoms with Gasteiger partial charge in [0.1, 0.15) is 0 Å². The van der Waals surface area contributed by atoms with Crippen LogP contribution < -0.4 is 5.32 Å². The van der Waals surface area contributed by atoms with Crippen LogP contribution in [-0.2, 0) is 11.3 Å². The number of nitrogens with zero attached hydrogens (tertiary/aromatic N) is 2. The van der Waals surface area contributed by atoms with Crippen LogP contribution in [0.3, 0.4) is 0 Å². The zero-order chi connectivity index (χ0) is 16.4. The molecule has 6 heteroatoms. The number of hydrogen-bond donors (Lipinski definition) is 1. The van der Waals surface area contributed by atoms with Crippen molar-refractivity contribution in [1.82, 2.24) is 15.2 Å². The predicted molar refractivity (Wildman–Crippen MR) is 93.0 cm³/mol. The van der Waals surface area contributed by atoms with Crippen LogP contribution in [0.15, 0.2) is 41.4 Å². The number of aromatic nitrogens is 1. The molecular formula is C18H21N3O2S. The van der Waals surface area contributed by atoms with Gasteiger partial charge in [0.05, 0.1) is 17.7 Å². The van der Waals surface area contributed by atoms with E-state index in [0.29, 0.717) is 11.6 Å². The zero-order valence-corrected chi connectivity index (χ0v) is 14.2. The van der Waals surface area contributed by atoms with Crippen LogP contribution in [0, 0.1) is 0 Å². The number of likely N-dealkylation sites (tertiary alicyclic amines) is 1. The number of ether oxygens (including phenoxy) is 1. The van der Waals surface area contributed by atoms with E-state index < -0.39 is 0 Å². The molecule has 2 saturated heterocycles. The summed E-state index contributed by atoms with van der Waals surface area (Å²) in [5.74, 6) is -0.0709. The number of nitrogens with one attached hydrogen (secondary N) is 1. The third-order valence-electron chi connectivity index (χ3n) is 4.84. The quantitative estimate of drug-likeness (QED) is 0.926. The molecule has 2 fully saturated rings. The van der Waals surface area contributed by atoms with E-state index in [0.717, 1.165) is 32.5 Å². The van der Waals surface area contributed by atoms with E-state index in [-0.39, 0.29) is 18.1 Å². The fraction of sp³-hybridized carbons (Fsp3) is 0.444. The molecule has 4 heterocycles. The van der Waals surface area contributed by atoms with Crippen molar-refractivity contribution < 1.29 is 9.53 Å². The van der Waals surface area contributed by atoms with Crippen molar-refractivity contribution in [3.63, 3.8) is 0 Å². The van der Waals surface area contributed by atoms with Crippen molar-refractivity contribution in [2.45, 2.75) is 37.6 Å². The number of pyridine rings is 1. The van der Waals surface area contributed by atoms with Gasteiger partial charge in [-0.3, -0.25) is 14.7 Å². The summed E-state index contributed by atoms with van der Waals surface area (Å²) in [6, 6.07) is 6.16. The van der Waals surface area contributed by atoms with Gasteiger partial charge in [0, 0.05) is 38.1 Å². The lowest BCUT2D eigenvalue weighted by atomic mass is 10.0. The van der Waals surface area contributed by atoms with Crippen LogP contribution in [0.1, 0.15) is 28.8 Å². The Bertz CT molecular complexity index is 677. The van der Waals surface area contributed by atoms with Crippen molar-refractivity contribution in [3.05, 3.63) is 52.5 Å². The first-order valence-electron chi connectivity index (χ1n) is 8.39. The van der Waals surface area contributed by atoms with Gasteiger partial charge in [-0.2, -0.15) is 11.3 Å². The highest BCUT2D eigenvalue weighted by Gasteiger charge is 2.44. The second-order valence-electron chi connectivity index (χ2n) is 6.43. The number of carbonyl (C=O) groups excluding carboxylic acids is 1. The van der Waals surface area contributed by atoms with Crippen molar-refractivity contribution in [2.75, 3.05) is 13.2 Å². The maximum absolute atomic E-state index is 12.5. The Hall–Kier alpha value is -1.76. The van der Waals surface area contributed by atoms with Crippen LogP contribution in [0.4, 0.5) is 0 Å². The largest absolute Gasteiger partial charge is 0.374 e. The van der Waals surface area contributed by atoms with E-state index in [9.17, 15) is 4.79 Å². The van der Waals surface area contributed by atoms with Gasteiger partial charge in [-0.25, -0.2) is 0 Å². The maximum Gasteiger partial charge on any atom is 0.253 e. The highest BCUT2D eigenvalue weighted by molar-refractivity contribution is 7.07. The van der Waals surface area contributed by atoms with Crippen molar-refractivity contribution in [3.8, 4) is 0 Å². The minimum atomic E-state index is -0.0709. The van der Waals surface area contributed by atoms with Gasteiger partial charge < -0.3 is 10.1 Å². The van der Waals surface area contributed by atoms with Crippen LogP contribution in [0.25, 0.3) is 0 Å². The monoisotopic (exact) mass is 343 g/mol. The normalized spacial score (nSPS) is 26.9. The number of fused-ring (bicyclic) bond motifs is 1. The molecule has 2 aromatic heterocycles. The highest BCUT2D eigenvalue weighted by Crippen LogP contribution is 2.30. The molecular weight excluding hydrogens is 322 g/mol. The molecule has 126 valence electrons. The average molecular weight is 343 g/mol. The molecule has 2 aliphatic rings. The summed E-state index contributed by atoms with van der Waals surface area (Å²) in [4.78, 5) is 19.0. The van der Waals surface area contributed by atoms with E-state index in [2.05, 4.69) is 32.0 Å². The molecule has 0 radical (unpaired) electrons. The molecule has 0 unspecified atom stereocenters. The Morgan fingerprint density at radius 1 is 1.46 bits per heavy atom. The summed E-state index contributed by atoms with van der Waals surface area (Å²) < 4.78 is 6.03. The van der Waals surface area contributed by atoms with Gasteiger partial charge in [-0.1, -0.05) is 0 Å². The van der Waals surface area contributed by atoms with E-state index in [1.807, 2.05) is 0 Å². The van der Waals surface area contributed by atoms with Crippen LogP contribution in [-0.4, -0.2) is 47.1 Å². The topological polar surface area (TPSA) is 54.5 Å². The fourth-order valence-electron chi connectivity index (χ4n) is 3.73. The molecule has 2 aromatic rings. The first-order chi connectivity index (χ1) is 11.8. The highest BCUT2D eigenvalue weighted by atomic mass is 32.1. The number of thiophene rings is 1. The van der Waals surface area contributed by atoms with Gasteiger partial charge in [-0.15, -0.1) is 0 Å². The molecule has 0 bridgehead atoms. The minimum Gasteiger partial charge on any atom is -0.374 e. The Balaban J connectivity index is 1.47. The number of amides is 1. The van der Waals surface area contributed by atoms with E-state index >= 15 is 0 Å². The fourth-order valence-corrected chi connectivity index (χ4v) is 4.39. The zero-order valence-electron chi connectivity index (χ0n) is 13.4. The lowest BCUT2D eigenvalue weighted by Gasteiger charge is -2.32. The maximum atomic E-state index is 12.5. The number of rotatable bonds is 4. The molecule has 1 amide bonds. The lowest BCUT2D eigenvalue weighted by Crippen LogP contribution is -2.47. The summed E-state index contributed by atoms with van der Waals surface area (Å²) in [5, 5.41) is 7.47. The molecule has 2 aliphatic heterocycles. The van der Waals surface area contributed by atoms with E-state index in [4.69, 9.17) is 4.74 Å². The second kappa shape index (κ2) is 7.01. The van der Waals surface area contributed by atoms with Gasteiger partial charge in [0.2, 0.25) is 0 Å².